The summed E-state index contributed by atoms with van der Waals surface area (Å²) in [6.45, 7) is 6.20. The summed E-state index contributed by atoms with van der Waals surface area (Å²) < 4.78 is 10.3. The van der Waals surface area contributed by atoms with E-state index in [0.29, 0.717) is 5.75 Å². The number of ether oxygens (including phenoxy) is 2. The van der Waals surface area contributed by atoms with Crippen LogP contribution in [-0.2, 0) is 16.8 Å². The second-order valence-corrected chi connectivity index (χ2v) is 5.18. The average molecular weight is 261 g/mol. The van der Waals surface area contributed by atoms with E-state index >= 15 is 0 Å². The van der Waals surface area contributed by atoms with Gasteiger partial charge in [-0.15, -0.1) is 6.42 Å². The van der Waals surface area contributed by atoms with Gasteiger partial charge in [0.05, 0.1) is 7.11 Å². The van der Waals surface area contributed by atoms with Gasteiger partial charge in [-0.1, -0.05) is 32.8 Å². The Bertz CT molecular complexity index is 521. The number of rotatable bonds is 3. The van der Waals surface area contributed by atoms with Crippen LogP contribution >= 0.6 is 0 Å². The molecule has 0 fully saturated rings. The van der Waals surface area contributed by atoms with Crippen molar-refractivity contribution in [1.29, 1.82) is 0 Å². The summed E-state index contributed by atoms with van der Waals surface area (Å²) >= 11 is 0. The monoisotopic (exact) mass is 261 g/mol. The largest absolute Gasteiger partial charge is 0.496 e. The molecule has 1 aromatic rings. The van der Waals surface area contributed by atoms with Crippen molar-refractivity contribution in [1.82, 2.24) is 0 Å². The minimum Gasteiger partial charge on any atom is -0.496 e. The lowest BCUT2D eigenvalue weighted by Crippen LogP contribution is -2.17. The Morgan fingerprint density at radius 3 is 2.47 bits per heavy atom. The van der Waals surface area contributed by atoms with Gasteiger partial charge < -0.3 is 15.2 Å². The van der Waals surface area contributed by atoms with E-state index < -0.39 is 6.09 Å². The van der Waals surface area contributed by atoms with Crippen LogP contribution in [0.3, 0.4) is 0 Å². The van der Waals surface area contributed by atoms with Crippen LogP contribution in [0.15, 0.2) is 12.1 Å². The Morgan fingerprint density at radius 1 is 1.42 bits per heavy atom. The fraction of sp³-hybridized carbons (Fsp3) is 0.400. The highest BCUT2D eigenvalue weighted by atomic mass is 16.5. The van der Waals surface area contributed by atoms with E-state index in [1.807, 2.05) is 26.8 Å². The van der Waals surface area contributed by atoms with Crippen molar-refractivity contribution in [2.45, 2.75) is 32.8 Å². The average Bonchev–Trinajstić information content (AvgIpc) is 2.33. The van der Waals surface area contributed by atoms with Crippen LogP contribution in [0.4, 0.5) is 4.79 Å². The minimum absolute atomic E-state index is 0.0619. The molecule has 0 unspecified atom stereocenters. The Kier molecular flexibility index (Phi) is 4.44. The predicted molar refractivity (Wildman–Crippen MR) is 74.0 cm³/mol. The molecule has 0 aliphatic rings. The summed E-state index contributed by atoms with van der Waals surface area (Å²) in [6.07, 6.45) is 4.71. The number of benzene rings is 1. The van der Waals surface area contributed by atoms with E-state index in [1.54, 1.807) is 13.2 Å². The first kappa shape index (κ1) is 14.9. The number of hydrogen-bond donors (Lipinski definition) is 1. The molecule has 19 heavy (non-hydrogen) atoms. The maximum absolute atomic E-state index is 10.7. The number of carbonyl (C=O) groups is 1. The predicted octanol–water partition coefficient (Wildman–Crippen LogP) is 2.57. The van der Waals surface area contributed by atoms with Crippen molar-refractivity contribution in [3.63, 3.8) is 0 Å². The summed E-state index contributed by atoms with van der Waals surface area (Å²) in [5.41, 5.74) is 7.22. The van der Waals surface area contributed by atoms with Crippen LogP contribution < -0.4 is 10.5 Å². The van der Waals surface area contributed by atoms with Gasteiger partial charge in [0.1, 0.15) is 12.4 Å². The van der Waals surface area contributed by atoms with E-state index in [1.165, 1.54) is 0 Å². The number of terminal acetylenes is 1. The highest BCUT2D eigenvalue weighted by Crippen LogP contribution is 2.37. The third kappa shape index (κ3) is 3.41. The lowest BCUT2D eigenvalue weighted by atomic mass is 9.82. The lowest BCUT2D eigenvalue weighted by Gasteiger charge is -2.25. The van der Waals surface area contributed by atoms with Gasteiger partial charge in [-0.05, 0) is 11.5 Å². The van der Waals surface area contributed by atoms with Gasteiger partial charge in [-0.3, -0.25) is 0 Å². The van der Waals surface area contributed by atoms with E-state index in [9.17, 15) is 4.79 Å². The highest BCUT2D eigenvalue weighted by molar-refractivity contribution is 5.65. The van der Waals surface area contributed by atoms with Crippen LogP contribution in [-0.4, -0.2) is 13.2 Å². The molecule has 4 heteroatoms. The Morgan fingerprint density at radius 2 is 2.05 bits per heavy atom. The van der Waals surface area contributed by atoms with Crippen molar-refractivity contribution in [2.75, 3.05) is 7.11 Å². The molecule has 1 amide bonds. The second-order valence-electron chi connectivity index (χ2n) is 5.18. The van der Waals surface area contributed by atoms with Gasteiger partial charge >= 0.3 is 6.09 Å². The summed E-state index contributed by atoms with van der Waals surface area (Å²) in [4.78, 5) is 10.7. The summed E-state index contributed by atoms with van der Waals surface area (Å²) in [6, 6.07) is 3.61. The molecular formula is C15H19NO3. The molecule has 0 bridgehead atoms. The molecular weight excluding hydrogens is 242 g/mol. The normalized spacial score (nSPS) is 10.7. The van der Waals surface area contributed by atoms with Gasteiger partial charge in [0.25, 0.3) is 0 Å². The summed E-state index contributed by atoms with van der Waals surface area (Å²) in [7, 11) is 1.57. The van der Waals surface area contributed by atoms with E-state index in [4.69, 9.17) is 21.6 Å². The van der Waals surface area contributed by atoms with E-state index in [0.717, 1.165) is 16.7 Å². The Labute approximate surface area is 113 Å². The van der Waals surface area contributed by atoms with Crippen LogP contribution in [0.2, 0.25) is 0 Å². The molecule has 0 aliphatic heterocycles. The van der Waals surface area contributed by atoms with Crippen LogP contribution in [0.25, 0.3) is 0 Å². The molecule has 0 saturated heterocycles. The van der Waals surface area contributed by atoms with E-state index in [2.05, 4.69) is 5.92 Å². The van der Waals surface area contributed by atoms with E-state index in [-0.39, 0.29) is 12.0 Å². The van der Waals surface area contributed by atoms with Crippen molar-refractivity contribution in [3.05, 3.63) is 28.8 Å². The van der Waals surface area contributed by atoms with Crippen molar-refractivity contribution in [3.8, 4) is 18.1 Å². The van der Waals surface area contributed by atoms with Gasteiger partial charge in [0.15, 0.2) is 0 Å². The SMILES string of the molecule is C#Cc1ccc(COC(N)=O)c(OC)c1C(C)(C)C. The molecule has 0 spiro atoms. The molecule has 0 aliphatic carbocycles. The second kappa shape index (κ2) is 5.66. The fourth-order valence-corrected chi connectivity index (χ4v) is 1.99. The number of carbonyl (C=O) groups excluding carboxylic acids is 1. The summed E-state index contributed by atoms with van der Waals surface area (Å²) in [5.74, 6) is 3.30. The van der Waals surface area contributed by atoms with Gasteiger partial charge in [-0.2, -0.15) is 0 Å². The fourth-order valence-electron chi connectivity index (χ4n) is 1.99. The molecule has 2 N–H and O–H groups in total. The number of nitrogens with two attached hydrogens (primary N) is 1. The molecule has 102 valence electrons. The molecule has 0 atom stereocenters. The number of methoxy groups -OCH3 is 1. The molecule has 0 radical (unpaired) electrons. The highest BCUT2D eigenvalue weighted by Gasteiger charge is 2.24. The third-order valence-corrected chi connectivity index (χ3v) is 2.72. The first-order valence-corrected chi connectivity index (χ1v) is 5.90. The third-order valence-electron chi connectivity index (χ3n) is 2.72. The smallest absolute Gasteiger partial charge is 0.404 e. The maximum atomic E-state index is 10.7. The van der Waals surface area contributed by atoms with Crippen molar-refractivity contribution >= 4 is 6.09 Å². The maximum Gasteiger partial charge on any atom is 0.404 e. The zero-order chi connectivity index (χ0) is 14.6. The molecule has 1 aromatic carbocycles. The topological polar surface area (TPSA) is 61.5 Å². The first-order valence-electron chi connectivity index (χ1n) is 5.90. The van der Waals surface area contributed by atoms with Crippen molar-refractivity contribution < 1.29 is 14.3 Å². The van der Waals surface area contributed by atoms with Crippen LogP contribution in [0, 0.1) is 12.3 Å². The van der Waals surface area contributed by atoms with Crippen LogP contribution in [0.1, 0.15) is 37.5 Å². The lowest BCUT2D eigenvalue weighted by molar-refractivity contribution is 0.149. The molecule has 0 heterocycles. The molecule has 0 saturated carbocycles. The van der Waals surface area contributed by atoms with Crippen LogP contribution in [0.5, 0.6) is 5.75 Å². The minimum atomic E-state index is -0.819. The zero-order valence-corrected chi connectivity index (χ0v) is 11.7. The first-order chi connectivity index (χ1) is 8.81. The van der Waals surface area contributed by atoms with Gasteiger partial charge in [0.2, 0.25) is 0 Å². The standard InChI is InChI=1S/C15H19NO3/c1-6-10-7-8-11(9-19-14(16)17)13(18-5)12(10)15(2,3)4/h1,7-8H,9H2,2-5H3,(H2,16,17). The van der Waals surface area contributed by atoms with Gasteiger partial charge in [0, 0.05) is 16.7 Å². The van der Waals surface area contributed by atoms with Crippen molar-refractivity contribution in [2.24, 2.45) is 5.73 Å². The molecule has 0 aromatic heterocycles. The Hall–Kier alpha value is -2.15. The number of primary amides is 1. The number of hydrogen-bond acceptors (Lipinski definition) is 3. The Balaban J connectivity index is 3.37. The summed E-state index contributed by atoms with van der Waals surface area (Å²) in [5, 5.41) is 0. The molecule has 1 rings (SSSR count). The number of amides is 1. The van der Waals surface area contributed by atoms with Gasteiger partial charge in [-0.25, -0.2) is 4.79 Å². The zero-order valence-electron chi connectivity index (χ0n) is 11.7. The molecule has 4 nitrogen and oxygen atoms in total. The quantitative estimate of drug-likeness (QED) is 0.851.